The minimum absolute atomic E-state index is 0.0900. The van der Waals surface area contributed by atoms with Gasteiger partial charge in [-0.3, -0.25) is 9.80 Å². The summed E-state index contributed by atoms with van der Waals surface area (Å²) in [4.78, 5) is 4.60. The van der Waals surface area contributed by atoms with E-state index < -0.39 is 0 Å². The zero-order valence-electron chi connectivity index (χ0n) is 25.1. The van der Waals surface area contributed by atoms with E-state index in [2.05, 4.69) is 67.0 Å². The molecule has 0 spiro atoms. The highest BCUT2D eigenvalue weighted by atomic mass is 16.5. The zero-order chi connectivity index (χ0) is 28.3. The Hall–Kier alpha value is -2.12. The molecule has 2 fully saturated rings. The number of aliphatic hydroxyl groups is 2. The van der Waals surface area contributed by atoms with Gasteiger partial charge in [-0.25, -0.2) is 0 Å². The fourth-order valence-electron chi connectivity index (χ4n) is 8.49. The van der Waals surface area contributed by atoms with Crippen molar-refractivity contribution in [1.29, 1.82) is 0 Å². The van der Waals surface area contributed by atoms with Crippen LogP contribution in [-0.4, -0.2) is 58.8 Å². The van der Waals surface area contributed by atoms with Gasteiger partial charge in [0.05, 0.1) is 12.2 Å². The lowest BCUT2D eigenvalue weighted by atomic mass is 9.53. The first-order valence-electron chi connectivity index (χ1n) is 15.4. The summed E-state index contributed by atoms with van der Waals surface area (Å²) in [5, 5.41) is 19.7. The molecule has 4 atom stereocenters. The largest absolute Gasteiger partial charge is 0.478 e. The van der Waals surface area contributed by atoms with Gasteiger partial charge in [0, 0.05) is 42.7 Å². The molecule has 2 saturated carbocycles. The predicted octanol–water partition coefficient (Wildman–Crippen LogP) is 5.66. The Bertz CT molecular complexity index is 1170. The molecular weight excluding hydrogens is 500 g/mol. The van der Waals surface area contributed by atoms with Crippen molar-refractivity contribution in [3.8, 4) is 11.5 Å². The monoisotopic (exact) mass is 548 g/mol. The van der Waals surface area contributed by atoms with Crippen LogP contribution in [0.25, 0.3) is 0 Å². The average Bonchev–Trinajstić information content (AvgIpc) is 3.26. The summed E-state index contributed by atoms with van der Waals surface area (Å²) in [5.74, 6) is 2.67. The van der Waals surface area contributed by atoms with E-state index in [1.165, 1.54) is 35.1 Å². The smallest absolute Gasteiger partial charge is 0.142 e. The summed E-state index contributed by atoms with van der Waals surface area (Å²) in [5.41, 5.74) is 5.59. The molecule has 2 bridgehead atoms. The Balaban J connectivity index is 1.40. The Morgan fingerprint density at radius 1 is 0.825 bits per heavy atom. The van der Waals surface area contributed by atoms with Crippen LogP contribution in [0.2, 0.25) is 0 Å². The number of fused-ring (bicyclic) bond motifs is 4. The summed E-state index contributed by atoms with van der Waals surface area (Å²) in [6.45, 7) is 15.8. The highest BCUT2D eigenvalue weighted by Gasteiger charge is 2.69. The molecule has 6 nitrogen and oxygen atoms in total. The minimum Gasteiger partial charge on any atom is -0.478 e. The maximum Gasteiger partial charge on any atom is 0.142 e. The molecule has 2 N–H and O–H groups in total. The lowest BCUT2D eigenvalue weighted by Gasteiger charge is -2.50. The maximum atomic E-state index is 9.83. The minimum atomic E-state index is -0.303. The first kappa shape index (κ1) is 28.0. The van der Waals surface area contributed by atoms with Crippen LogP contribution < -0.4 is 9.47 Å². The second-order valence-electron chi connectivity index (χ2n) is 14.0. The molecule has 6 heteroatoms. The van der Waals surface area contributed by atoms with E-state index in [0.29, 0.717) is 19.4 Å². The van der Waals surface area contributed by atoms with Crippen molar-refractivity contribution in [3.63, 3.8) is 0 Å². The normalized spacial score (nSPS) is 30.7. The van der Waals surface area contributed by atoms with Crippen molar-refractivity contribution in [3.05, 3.63) is 58.7 Å². The van der Waals surface area contributed by atoms with Crippen LogP contribution in [0.1, 0.15) is 89.0 Å². The fraction of sp³-hybridized carbons (Fsp3) is 0.647. The quantitative estimate of drug-likeness (QED) is 0.444. The van der Waals surface area contributed by atoms with Crippen LogP contribution in [0, 0.1) is 16.7 Å². The summed E-state index contributed by atoms with van der Waals surface area (Å²) < 4.78 is 12.4. The standard InChI is InChI=1S/C34H48N2O4/c1-23(37)11-14-35-19-25-16-27(6-8-30(25)39-21-35)34(18-29-10-13-33(34,5)32(29,3)4)28-7-9-31-26(17-28)20-36(22-40-31)15-12-24(2)38/h6-9,16-17,23-24,29,37-38H,10-15,18-22H2,1-5H3. The number of benzene rings is 2. The Kier molecular flexibility index (Phi) is 7.22. The first-order valence-corrected chi connectivity index (χ1v) is 15.4. The van der Waals surface area contributed by atoms with Gasteiger partial charge < -0.3 is 19.7 Å². The lowest BCUT2D eigenvalue weighted by Crippen LogP contribution is -2.46. The molecule has 40 heavy (non-hydrogen) atoms. The van der Waals surface area contributed by atoms with Gasteiger partial charge in [-0.1, -0.05) is 32.9 Å². The molecule has 6 rings (SSSR count). The second kappa shape index (κ2) is 10.3. The van der Waals surface area contributed by atoms with Gasteiger partial charge in [0.1, 0.15) is 25.0 Å². The average molecular weight is 549 g/mol. The summed E-state index contributed by atoms with van der Waals surface area (Å²) >= 11 is 0. The number of ether oxygens (including phenoxy) is 2. The molecule has 0 radical (unpaired) electrons. The van der Waals surface area contributed by atoms with Crippen LogP contribution in [-0.2, 0) is 18.5 Å². The van der Waals surface area contributed by atoms with E-state index >= 15 is 0 Å². The number of hydrogen-bond acceptors (Lipinski definition) is 6. The van der Waals surface area contributed by atoms with Crippen molar-refractivity contribution in [2.24, 2.45) is 16.7 Å². The van der Waals surface area contributed by atoms with E-state index in [4.69, 9.17) is 9.47 Å². The summed E-state index contributed by atoms with van der Waals surface area (Å²) in [6, 6.07) is 14.0. The van der Waals surface area contributed by atoms with Crippen LogP contribution in [0.4, 0.5) is 0 Å². The predicted molar refractivity (Wildman–Crippen MR) is 157 cm³/mol. The molecule has 2 aromatic rings. The Morgan fingerprint density at radius 3 is 1.73 bits per heavy atom. The third-order valence-corrected chi connectivity index (χ3v) is 11.4. The van der Waals surface area contributed by atoms with Gasteiger partial charge in [0.15, 0.2) is 0 Å². The Morgan fingerprint density at radius 2 is 1.32 bits per heavy atom. The van der Waals surface area contributed by atoms with Gasteiger partial charge in [-0.05, 0) is 98.1 Å². The van der Waals surface area contributed by atoms with Gasteiger partial charge in [0.2, 0.25) is 0 Å². The summed E-state index contributed by atoms with van der Waals surface area (Å²) in [6.07, 6.45) is 4.59. The van der Waals surface area contributed by atoms with E-state index in [1.54, 1.807) is 0 Å². The molecule has 2 aliphatic carbocycles. The van der Waals surface area contributed by atoms with Crippen LogP contribution >= 0.6 is 0 Å². The highest BCUT2D eigenvalue weighted by molar-refractivity contribution is 5.53. The Labute approximate surface area is 240 Å². The maximum absolute atomic E-state index is 9.83. The fourth-order valence-corrected chi connectivity index (χ4v) is 8.49. The van der Waals surface area contributed by atoms with Gasteiger partial charge in [-0.2, -0.15) is 0 Å². The van der Waals surface area contributed by atoms with Crippen molar-refractivity contribution < 1.29 is 19.7 Å². The molecule has 4 unspecified atom stereocenters. The SMILES string of the molecule is CC(O)CCN1COc2ccc(C3(c4ccc5c(c4)CN(CCC(C)O)CO5)CC4CCC3(C)C4(C)C)cc2C1. The van der Waals surface area contributed by atoms with Crippen LogP contribution in [0.5, 0.6) is 11.5 Å². The number of nitrogens with zero attached hydrogens (tertiary/aromatic N) is 2. The molecule has 218 valence electrons. The topological polar surface area (TPSA) is 65.4 Å². The van der Waals surface area contributed by atoms with E-state index in [-0.39, 0.29) is 28.5 Å². The van der Waals surface area contributed by atoms with E-state index in [1.807, 2.05) is 13.8 Å². The molecule has 2 heterocycles. The van der Waals surface area contributed by atoms with Crippen molar-refractivity contribution in [2.45, 2.75) is 97.4 Å². The third kappa shape index (κ3) is 4.46. The van der Waals surface area contributed by atoms with Gasteiger partial charge in [-0.15, -0.1) is 0 Å². The van der Waals surface area contributed by atoms with Crippen molar-refractivity contribution in [1.82, 2.24) is 9.80 Å². The van der Waals surface area contributed by atoms with Crippen LogP contribution in [0.3, 0.4) is 0 Å². The van der Waals surface area contributed by atoms with E-state index in [0.717, 1.165) is 56.9 Å². The zero-order valence-corrected chi connectivity index (χ0v) is 25.1. The molecule has 0 aromatic heterocycles. The molecular formula is C34H48N2O4. The lowest BCUT2D eigenvalue weighted by molar-refractivity contribution is 0.0750. The third-order valence-electron chi connectivity index (χ3n) is 11.4. The molecule has 2 aliphatic heterocycles. The molecule has 2 aromatic carbocycles. The number of aliphatic hydroxyl groups excluding tert-OH is 2. The van der Waals surface area contributed by atoms with Gasteiger partial charge in [0.25, 0.3) is 0 Å². The first-order chi connectivity index (χ1) is 19.0. The molecule has 4 aliphatic rings. The van der Waals surface area contributed by atoms with Crippen molar-refractivity contribution in [2.75, 3.05) is 26.6 Å². The van der Waals surface area contributed by atoms with Crippen LogP contribution in [0.15, 0.2) is 36.4 Å². The number of hydrogen-bond donors (Lipinski definition) is 2. The summed E-state index contributed by atoms with van der Waals surface area (Å²) in [7, 11) is 0. The molecule has 0 saturated heterocycles. The van der Waals surface area contributed by atoms with Crippen molar-refractivity contribution >= 4 is 0 Å². The van der Waals surface area contributed by atoms with Gasteiger partial charge >= 0.3 is 0 Å². The van der Waals surface area contributed by atoms with E-state index in [9.17, 15) is 10.2 Å². The number of rotatable bonds is 8. The second-order valence-corrected chi connectivity index (χ2v) is 14.0. The molecule has 0 amide bonds. The highest BCUT2D eigenvalue weighted by Crippen LogP contribution is 2.75.